The molecule has 4 rings (SSSR count). The molecule has 0 aliphatic heterocycles. The van der Waals surface area contributed by atoms with Crippen LogP contribution >= 0.6 is 0 Å². The molecule has 0 bridgehead atoms. The largest absolute Gasteiger partial charge is 0.389 e. The Balaban J connectivity index is 1.70. The zero-order chi connectivity index (χ0) is 14.0. The van der Waals surface area contributed by atoms with E-state index in [1.165, 1.54) is 64.2 Å². The van der Waals surface area contributed by atoms with Gasteiger partial charge in [0.25, 0.3) is 0 Å². The van der Waals surface area contributed by atoms with Gasteiger partial charge < -0.3 is 5.11 Å². The summed E-state index contributed by atoms with van der Waals surface area (Å²) in [5, 5.41) is 11.6. The molecule has 0 amide bonds. The Labute approximate surface area is 124 Å². The van der Waals surface area contributed by atoms with Crippen molar-refractivity contribution in [1.29, 1.82) is 0 Å². The zero-order valence-corrected chi connectivity index (χ0v) is 13.5. The van der Waals surface area contributed by atoms with Crippen LogP contribution in [0.1, 0.15) is 84.5 Å². The Morgan fingerprint density at radius 2 is 1.60 bits per heavy atom. The third-order valence-corrected chi connectivity index (χ3v) is 8.56. The molecule has 4 aliphatic carbocycles. The molecule has 20 heavy (non-hydrogen) atoms. The lowest BCUT2D eigenvalue weighted by molar-refractivity contribution is -0.197. The van der Waals surface area contributed by atoms with Crippen molar-refractivity contribution >= 4 is 0 Å². The van der Waals surface area contributed by atoms with E-state index < -0.39 is 0 Å². The van der Waals surface area contributed by atoms with E-state index in [2.05, 4.69) is 13.8 Å². The monoisotopic (exact) mass is 276 g/mol. The molecule has 0 aromatic heterocycles. The van der Waals surface area contributed by atoms with Gasteiger partial charge in [-0.2, -0.15) is 0 Å². The quantitative estimate of drug-likeness (QED) is 0.665. The van der Waals surface area contributed by atoms with E-state index >= 15 is 0 Å². The van der Waals surface area contributed by atoms with Gasteiger partial charge in [-0.05, 0) is 86.4 Å². The first kappa shape index (κ1) is 13.6. The molecule has 0 unspecified atom stereocenters. The highest BCUT2D eigenvalue weighted by molar-refractivity contribution is 5.14. The molecule has 0 heterocycles. The van der Waals surface area contributed by atoms with Crippen LogP contribution in [0.25, 0.3) is 0 Å². The first-order valence-corrected chi connectivity index (χ1v) is 9.22. The zero-order valence-electron chi connectivity index (χ0n) is 13.5. The second kappa shape index (κ2) is 4.24. The van der Waals surface area contributed by atoms with Crippen molar-refractivity contribution in [1.82, 2.24) is 0 Å². The van der Waals surface area contributed by atoms with Crippen LogP contribution < -0.4 is 0 Å². The maximum atomic E-state index is 11.6. The van der Waals surface area contributed by atoms with Crippen molar-refractivity contribution in [2.24, 2.45) is 28.6 Å². The normalized spacial score (nSPS) is 58.6. The fourth-order valence-electron chi connectivity index (χ4n) is 7.25. The summed E-state index contributed by atoms with van der Waals surface area (Å²) in [6.07, 6.45) is 14.8. The molecule has 4 aliphatic rings. The molecule has 114 valence electrons. The highest BCUT2D eigenvalue weighted by Crippen LogP contribution is 2.67. The minimum absolute atomic E-state index is 0.242. The first-order chi connectivity index (χ1) is 9.50. The molecule has 1 nitrogen and oxygen atoms in total. The van der Waals surface area contributed by atoms with Crippen molar-refractivity contribution in [2.45, 2.75) is 90.1 Å². The highest BCUT2D eigenvalue weighted by atomic mass is 16.3. The molecular formula is C19H32O. The Kier molecular flexibility index (Phi) is 2.89. The average molecular weight is 276 g/mol. The van der Waals surface area contributed by atoms with Gasteiger partial charge in [0.1, 0.15) is 0 Å². The molecular weight excluding hydrogens is 244 g/mol. The van der Waals surface area contributed by atoms with Crippen molar-refractivity contribution in [3.63, 3.8) is 0 Å². The van der Waals surface area contributed by atoms with Gasteiger partial charge in [-0.1, -0.05) is 26.7 Å². The Hall–Kier alpha value is -0.0400. The van der Waals surface area contributed by atoms with E-state index in [9.17, 15) is 5.11 Å². The minimum atomic E-state index is -0.318. The van der Waals surface area contributed by atoms with Gasteiger partial charge in [0.2, 0.25) is 0 Å². The molecule has 0 aromatic rings. The lowest BCUT2D eigenvalue weighted by Crippen LogP contribution is -2.60. The molecule has 0 saturated heterocycles. The summed E-state index contributed by atoms with van der Waals surface area (Å²) in [5.74, 6) is 2.40. The fraction of sp³-hybridized carbons (Fsp3) is 1.00. The molecule has 1 N–H and O–H groups in total. The number of aliphatic hydroxyl groups is 1. The molecule has 0 spiro atoms. The minimum Gasteiger partial charge on any atom is -0.389 e. The summed E-state index contributed by atoms with van der Waals surface area (Å²) in [6, 6.07) is 0. The predicted molar refractivity (Wildman–Crippen MR) is 82.4 cm³/mol. The SMILES string of the molecule is C[C@]12CCCC[C@@H]1CC[C@@H]1[C@@H]2CC[C@]2(C)CCC[C@]12O. The Morgan fingerprint density at radius 1 is 0.750 bits per heavy atom. The van der Waals surface area contributed by atoms with Crippen LogP contribution in [0.4, 0.5) is 0 Å². The van der Waals surface area contributed by atoms with E-state index in [1.54, 1.807) is 0 Å². The molecule has 0 aromatic carbocycles. The predicted octanol–water partition coefficient (Wildman–Crippen LogP) is 4.92. The van der Waals surface area contributed by atoms with Gasteiger partial charge in [-0.3, -0.25) is 0 Å². The van der Waals surface area contributed by atoms with Gasteiger partial charge in [0.05, 0.1) is 5.60 Å². The van der Waals surface area contributed by atoms with E-state index in [1.807, 2.05) is 0 Å². The van der Waals surface area contributed by atoms with Crippen LogP contribution in [0.15, 0.2) is 0 Å². The summed E-state index contributed by atoms with van der Waals surface area (Å²) in [4.78, 5) is 0. The lowest BCUT2D eigenvalue weighted by Gasteiger charge is -2.62. The van der Waals surface area contributed by atoms with Gasteiger partial charge >= 0.3 is 0 Å². The number of rotatable bonds is 0. The van der Waals surface area contributed by atoms with Crippen LogP contribution in [-0.4, -0.2) is 10.7 Å². The Bertz CT molecular complexity index is 405. The van der Waals surface area contributed by atoms with Crippen LogP contribution in [0.3, 0.4) is 0 Å². The Morgan fingerprint density at radius 3 is 2.45 bits per heavy atom. The van der Waals surface area contributed by atoms with Crippen LogP contribution in [0.2, 0.25) is 0 Å². The van der Waals surface area contributed by atoms with Crippen LogP contribution in [0, 0.1) is 28.6 Å². The smallest absolute Gasteiger partial charge is 0.0731 e. The molecule has 1 heteroatoms. The molecule has 6 atom stereocenters. The number of hydrogen-bond donors (Lipinski definition) is 1. The standard InChI is InChI=1S/C19H32O/c1-17-10-5-12-19(17,20)16-8-7-14-6-3-4-11-18(14,2)15(16)9-13-17/h14-16,20H,3-13H2,1-2H3/t14-,15+,16-,17+,18+,19+/m1/s1. The molecule has 4 fully saturated rings. The second-order valence-electron chi connectivity index (χ2n) is 9.12. The van der Waals surface area contributed by atoms with Gasteiger partial charge in [-0.15, -0.1) is 0 Å². The topological polar surface area (TPSA) is 20.2 Å². The first-order valence-electron chi connectivity index (χ1n) is 9.22. The van der Waals surface area contributed by atoms with Crippen LogP contribution in [-0.2, 0) is 0 Å². The van der Waals surface area contributed by atoms with Crippen LogP contribution in [0.5, 0.6) is 0 Å². The summed E-state index contributed by atoms with van der Waals surface area (Å²) in [5.41, 5.74) is 0.480. The fourth-order valence-corrected chi connectivity index (χ4v) is 7.25. The van der Waals surface area contributed by atoms with Crippen molar-refractivity contribution in [3.05, 3.63) is 0 Å². The van der Waals surface area contributed by atoms with Gasteiger partial charge in [0, 0.05) is 0 Å². The number of fused-ring (bicyclic) bond motifs is 5. The second-order valence-corrected chi connectivity index (χ2v) is 9.12. The summed E-state index contributed by atoms with van der Waals surface area (Å²) in [6.45, 7) is 4.99. The highest BCUT2D eigenvalue weighted by Gasteiger charge is 2.63. The third kappa shape index (κ3) is 1.54. The van der Waals surface area contributed by atoms with Gasteiger partial charge in [0.15, 0.2) is 0 Å². The van der Waals surface area contributed by atoms with Crippen molar-refractivity contribution in [3.8, 4) is 0 Å². The van der Waals surface area contributed by atoms with Gasteiger partial charge in [-0.25, -0.2) is 0 Å². The summed E-state index contributed by atoms with van der Waals surface area (Å²) in [7, 11) is 0. The van der Waals surface area contributed by atoms with E-state index in [0.29, 0.717) is 11.3 Å². The number of hydrogen-bond acceptors (Lipinski definition) is 1. The molecule has 0 radical (unpaired) electrons. The van der Waals surface area contributed by atoms with Crippen molar-refractivity contribution in [2.75, 3.05) is 0 Å². The van der Waals surface area contributed by atoms with E-state index in [0.717, 1.165) is 18.3 Å². The van der Waals surface area contributed by atoms with E-state index in [-0.39, 0.29) is 11.0 Å². The van der Waals surface area contributed by atoms with E-state index in [4.69, 9.17) is 0 Å². The third-order valence-electron chi connectivity index (χ3n) is 8.56. The summed E-state index contributed by atoms with van der Waals surface area (Å²) >= 11 is 0. The molecule has 4 saturated carbocycles. The van der Waals surface area contributed by atoms with Crippen molar-refractivity contribution < 1.29 is 5.11 Å². The maximum absolute atomic E-state index is 11.6. The lowest BCUT2D eigenvalue weighted by atomic mass is 9.44. The summed E-state index contributed by atoms with van der Waals surface area (Å²) < 4.78 is 0. The average Bonchev–Trinajstić information content (AvgIpc) is 2.74. The maximum Gasteiger partial charge on any atom is 0.0731 e.